The highest BCUT2D eigenvalue weighted by Gasteiger charge is 2.37. The van der Waals surface area contributed by atoms with Crippen molar-refractivity contribution in [3.05, 3.63) is 65.0 Å². The van der Waals surface area contributed by atoms with Gasteiger partial charge in [0.15, 0.2) is 0 Å². The summed E-state index contributed by atoms with van der Waals surface area (Å²) in [6.45, 7) is 0.615. The first-order chi connectivity index (χ1) is 14.0. The molecule has 3 rings (SSSR count). The number of ether oxygens (including phenoxy) is 1. The minimum Gasteiger partial charge on any atom is -0.381 e. The van der Waals surface area contributed by atoms with Crippen LogP contribution in [0.2, 0.25) is 0 Å². The van der Waals surface area contributed by atoms with Gasteiger partial charge in [-0.25, -0.2) is 0 Å². The van der Waals surface area contributed by atoms with Gasteiger partial charge >= 0.3 is 12.4 Å². The molecule has 30 heavy (non-hydrogen) atoms. The second kappa shape index (κ2) is 8.63. The third-order valence-electron chi connectivity index (χ3n) is 4.74. The molecule has 1 aromatic heterocycles. The second-order valence-electron chi connectivity index (χ2n) is 7.07. The first kappa shape index (κ1) is 22.1. The van der Waals surface area contributed by atoms with Gasteiger partial charge in [-0.2, -0.15) is 26.3 Å². The van der Waals surface area contributed by atoms with Crippen LogP contribution >= 0.6 is 0 Å². The molecule has 1 atom stereocenters. The molecule has 0 bridgehead atoms. The predicted octanol–water partition coefficient (Wildman–Crippen LogP) is 4.80. The Hall–Kier alpha value is -2.62. The Morgan fingerprint density at radius 1 is 1.03 bits per heavy atom. The maximum atomic E-state index is 13.2. The van der Waals surface area contributed by atoms with Crippen LogP contribution in [0, 0.1) is 5.92 Å². The number of hydrogen-bond acceptors (Lipinski definition) is 3. The molecule has 0 spiro atoms. The number of aromatic nitrogens is 1. The fraction of sp³-hybridized carbons (Fsp3) is 0.400. The fourth-order valence-corrected chi connectivity index (χ4v) is 3.27. The standard InChI is InChI=1S/C20H18F6N2O2/c21-19(22,23)16-7-14(8-17(9-16)20(24,25)26)11-28(10-13-3-6-30-12-13)18(29)15-1-4-27-5-2-15/h1-2,4-5,7-9,13H,3,6,10-12H2. The van der Waals surface area contributed by atoms with Crippen LogP contribution < -0.4 is 0 Å². The van der Waals surface area contributed by atoms with E-state index >= 15 is 0 Å². The SMILES string of the molecule is O=C(c1ccncc1)N(Cc1cc(C(F)(F)F)cc(C(F)(F)F)c1)CC1CCOC1. The minimum absolute atomic E-state index is 0.0522. The van der Waals surface area contributed by atoms with E-state index in [1.54, 1.807) is 0 Å². The van der Waals surface area contributed by atoms with Crippen molar-refractivity contribution < 1.29 is 35.9 Å². The average Bonchev–Trinajstić information content (AvgIpc) is 3.19. The molecule has 0 radical (unpaired) electrons. The number of benzene rings is 1. The van der Waals surface area contributed by atoms with Crippen molar-refractivity contribution in [2.45, 2.75) is 25.3 Å². The molecule has 1 aliphatic heterocycles. The van der Waals surface area contributed by atoms with Gasteiger partial charge in [0, 0.05) is 43.6 Å². The van der Waals surface area contributed by atoms with E-state index in [4.69, 9.17) is 4.74 Å². The van der Waals surface area contributed by atoms with Gasteiger partial charge in [0.05, 0.1) is 17.7 Å². The first-order valence-electron chi connectivity index (χ1n) is 9.09. The number of pyridine rings is 1. The van der Waals surface area contributed by atoms with Gasteiger partial charge in [0.2, 0.25) is 0 Å². The number of alkyl halides is 6. The predicted molar refractivity (Wildman–Crippen MR) is 94.3 cm³/mol. The lowest BCUT2D eigenvalue weighted by atomic mass is 10.0. The van der Waals surface area contributed by atoms with Crippen LogP contribution in [-0.2, 0) is 23.6 Å². The topological polar surface area (TPSA) is 42.4 Å². The molecule has 1 aliphatic rings. The number of hydrogen-bond donors (Lipinski definition) is 0. The van der Waals surface area contributed by atoms with Crippen LogP contribution in [0.4, 0.5) is 26.3 Å². The van der Waals surface area contributed by atoms with Crippen molar-refractivity contribution in [3.63, 3.8) is 0 Å². The molecule has 10 heteroatoms. The Bertz CT molecular complexity index is 845. The number of halogens is 6. The third-order valence-corrected chi connectivity index (χ3v) is 4.74. The molecule has 1 amide bonds. The van der Waals surface area contributed by atoms with Crippen LogP contribution in [0.1, 0.15) is 33.5 Å². The zero-order valence-electron chi connectivity index (χ0n) is 15.6. The third kappa shape index (κ3) is 5.50. The molecule has 0 N–H and O–H groups in total. The molecule has 2 aromatic rings. The van der Waals surface area contributed by atoms with Crippen molar-refractivity contribution in [3.8, 4) is 0 Å². The number of carbonyl (C=O) groups excluding carboxylic acids is 1. The zero-order valence-corrected chi connectivity index (χ0v) is 15.6. The Morgan fingerprint density at radius 3 is 2.13 bits per heavy atom. The molecular weight excluding hydrogens is 414 g/mol. The maximum absolute atomic E-state index is 13.2. The molecule has 2 heterocycles. The minimum atomic E-state index is -4.95. The summed E-state index contributed by atoms with van der Waals surface area (Å²) in [7, 11) is 0. The van der Waals surface area contributed by atoms with E-state index in [1.807, 2.05) is 0 Å². The van der Waals surface area contributed by atoms with Crippen molar-refractivity contribution >= 4 is 5.91 Å². The summed E-state index contributed by atoms with van der Waals surface area (Å²) in [6, 6.07) is 4.24. The fourth-order valence-electron chi connectivity index (χ4n) is 3.27. The first-order valence-corrected chi connectivity index (χ1v) is 9.09. The lowest BCUT2D eigenvalue weighted by Crippen LogP contribution is -2.35. The summed E-state index contributed by atoms with van der Waals surface area (Å²) < 4.78 is 84.2. The molecule has 1 fully saturated rings. The molecule has 4 nitrogen and oxygen atoms in total. The van der Waals surface area contributed by atoms with E-state index in [2.05, 4.69) is 4.98 Å². The van der Waals surface area contributed by atoms with Gasteiger partial charge in [-0.15, -0.1) is 0 Å². The highest BCUT2D eigenvalue weighted by Crippen LogP contribution is 2.36. The molecule has 1 unspecified atom stereocenters. The summed E-state index contributed by atoms with van der Waals surface area (Å²) in [5, 5.41) is 0. The number of nitrogens with zero attached hydrogens (tertiary/aromatic N) is 2. The largest absolute Gasteiger partial charge is 0.416 e. The van der Waals surface area contributed by atoms with Gasteiger partial charge in [-0.3, -0.25) is 9.78 Å². The average molecular weight is 432 g/mol. The van der Waals surface area contributed by atoms with E-state index in [9.17, 15) is 31.1 Å². The van der Waals surface area contributed by atoms with Crippen molar-refractivity contribution in [1.29, 1.82) is 0 Å². The van der Waals surface area contributed by atoms with E-state index < -0.39 is 35.9 Å². The monoisotopic (exact) mass is 432 g/mol. The number of amides is 1. The summed E-state index contributed by atoms with van der Waals surface area (Å²) in [4.78, 5) is 18.0. The van der Waals surface area contributed by atoms with E-state index in [1.165, 1.54) is 29.4 Å². The smallest absolute Gasteiger partial charge is 0.381 e. The molecular formula is C20H18F6N2O2. The Morgan fingerprint density at radius 2 is 1.63 bits per heavy atom. The summed E-state index contributed by atoms with van der Waals surface area (Å²) in [5.41, 5.74) is -2.83. The van der Waals surface area contributed by atoms with Crippen LogP contribution in [-0.4, -0.2) is 35.5 Å². The van der Waals surface area contributed by atoms with E-state index in [-0.39, 0.29) is 29.7 Å². The van der Waals surface area contributed by atoms with Gasteiger partial charge in [0.25, 0.3) is 5.91 Å². The molecule has 1 aromatic carbocycles. The highest BCUT2D eigenvalue weighted by atomic mass is 19.4. The summed E-state index contributed by atoms with van der Waals surface area (Å²) in [6.07, 6.45) is -6.48. The maximum Gasteiger partial charge on any atom is 0.416 e. The molecule has 1 saturated heterocycles. The highest BCUT2D eigenvalue weighted by molar-refractivity contribution is 5.94. The lowest BCUT2D eigenvalue weighted by molar-refractivity contribution is -0.143. The Labute approximate surface area is 168 Å². The summed E-state index contributed by atoms with van der Waals surface area (Å²) in [5.74, 6) is -0.557. The molecule has 162 valence electrons. The van der Waals surface area contributed by atoms with E-state index in [0.717, 1.165) is 0 Å². The zero-order chi connectivity index (χ0) is 21.9. The van der Waals surface area contributed by atoms with Crippen LogP contribution in [0.5, 0.6) is 0 Å². The van der Waals surface area contributed by atoms with Gasteiger partial charge in [-0.1, -0.05) is 0 Å². The van der Waals surface area contributed by atoms with Gasteiger partial charge < -0.3 is 9.64 Å². The lowest BCUT2D eigenvalue weighted by Gasteiger charge is -2.26. The quantitative estimate of drug-likeness (QED) is 0.638. The van der Waals surface area contributed by atoms with Gasteiger partial charge in [0.1, 0.15) is 0 Å². The Kier molecular flexibility index (Phi) is 6.35. The van der Waals surface area contributed by atoms with E-state index in [0.29, 0.717) is 31.8 Å². The number of carbonyl (C=O) groups is 1. The normalized spacial score (nSPS) is 17.2. The van der Waals surface area contributed by atoms with Crippen molar-refractivity contribution in [2.24, 2.45) is 5.92 Å². The second-order valence-corrected chi connectivity index (χ2v) is 7.07. The Balaban J connectivity index is 1.95. The van der Waals surface area contributed by atoms with Crippen molar-refractivity contribution in [2.75, 3.05) is 19.8 Å². The summed E-state index contributed by atoms with van der Waals surface area (Å²) >= 11 is 0. The van der Waals surface area contributed by atoms with Crippen molar-refractivity contribution in [1.82, 2.24) is 9.88 Å². The number of rotatable bonds is 5. The van der Waals surface area contributed by atoms with Gasteiger partial charge in [-0.05, 0) is 42.3 Å². The van der Waals surface area contributed by atoms with Crippen LogP contribution in [0.15, 0.2) is 42.7 Å². The molecule has 0 saturated carbocycles. The van der Waals surface area contributed by atoms with Crippen LogP contribution in [0.25, 0.3) is 0 Å². The molecule has 0 aliphatic carbocycles. The van der Waals surface area contributed by atoms with Crippen LogP contribution in [0.3, 0.4) is 0 Å².